The highest BCUT2D eigenvalue weighted by Gasteiger charge is 2.22. The van der Waals surface area contributed by atoms with Crippen molar-refractivity contribution in [1.82, 2.24) is 15.3 Å². The van der Waals surface area contributed by atoms with E-state index in [1.165, 1.54) is 6.20 Å². The van der Waals surface area contributed by atoms with Gasteiger partial charge in [-0.1, -0.05) is 11.6 Å². The van der Waals surface area contributed by atoms with Crippen molar-refractivity contribution in [2.45, 2.75) is 31.7 Å². The number of hydrogen-bond donors (Lipinski definition) is 2. The Balaban J connectivity index is 1.62. The number of carbonyl (C=O) groups excluding carboxylic acids is 1. The quantitative estimate of drug-likeness (QED) is 0.757. The fraction of sp³-hybridized carbons (Fsp3) is 0.545. The van der Waals surface area contributed by atoms with Gasteiger partial charge in [0.05, 0.1) is 0 Å². The van der Waals surface area contributed by atoms with E-state index >= 15 is 0 Å². The van der Waals surface area contributed by atoms with Crippen LogP contribution in [0.15, 0.2) is 12.4 Å². The van der Waals surface area contributed by atoms with Crippen molar-refractivity contribution in [3.8, 4) is 0 Å². The van der Waals surface area contributed by atoms with E-state index in [2.05, 4.69) is 20.6 Å². The monoisotopic (exact) mass is 254 g/mol. The van der Waals surface area contributed by atoms with E-state index in [1.807, 2.05) is 0 Å². The Labute approximate surface area is 105 Å². The van der Waals surface area contributed by atoms with Crippen molar-refractivity contribution in [2.24, 2.45) is 0 Å². The zero-order chi connectivity index (χ0) is 12.1. The highest BCUT2D eigenvalue weighted by molar-refractivity contribution is 6.31. The van der Waals surface area contributed by atoms with Gasteiger partial charge < -0.3 is 10.6 Å². The van der Waals surface area contributed by atoms with E-state index in [4.69, 9.17) is 11.6 Å². The summed E-state index contributed by atoms with van der Waals surface area (Å²) in [6.07, 6.45) is 6.65. The molecule has 1 aliphatic carbocycles. The molecular weight excluding hydrogens is 240 g/mol. The number of anilines is 1. The molecule has 0 radical (unpaired) electrons. The number of nitrogens with zero attached hydrogens (tertiary/aromatic N) is 2. The fourth-order valence-corrected chi connectivity index (χ4v) is 1.59. The summed E-state index contributed by atoms with van der Waals surface area (Å²) in [6, 6.07) is 0.435. The Morgan fingerprint density at radius 3 is 2.88 bits per heavy atom. The smallest absolute Gasteiger partial charge is 0.220 e. The predicted octanol–water partition coefficient (Wildman–Crippen LogP) is 1.60. The summed E-state index contributed by atoms with van der Waals surface area (Å²) in [5.41, 5.74) is 0. The van der Waals surface area contributed by atoms with Crippen LogP contribution in [0.25, 0.3) is 0 Å². The van der Waals surface area contributed by atoms with Crippen LogP contribution in [0.2, 0.25) is 5.15 Å². The van der Waals surface area contributed by atoms with Crippen LogP contribution in [-0.4, -0.2) is 28.5 Å². The molecule has 1 aromatic rings. The molecule has 2 rings (SSSR count). The van der Waals surface area contributed by atoms with Gasteiger partial charge in [0.15, 0.2) is 11.0 Å². The van der Waals surface area contributed by atoms with E-state index in [0.717, 1.165) is 19.3 Å². The topological polar surface area (TPSA) is 66.9 Å². The van der Waals surface area contributed by atoms with Crippen LogP contribution in [0, 0.1) is 0 Å². The van der Waals surface area contributed by atoms with Gasteiger partial charge in [-0.25, -0.2) is 9.97 Å². The second-order valence-electron chi connectivity index (χ2n) is 4.07. The Morgan fingerprint density at radius 2 is 2.18 bits per heavy atom. The molecule has 0 saturated heterocycles. The van der Waals surface area contributed by atoms with E-state index in [-0.39, 0.29) is 5.91 Å². The second kappa shape index (κ2) is 5.82. The van der Waals surface area contributed by atoms with Crippen LogP contribution < -0.4 is 10.6 Å². The highest BCUT2D eigenvalue weighted by atomic mass is 35.5. The molecule has 92 valence electrons. The molecule has 1 aromatic heterocycles. The summed E-state index contributed by atoms with van der Waals surface area (Å²) in [5, 5.41) is 6.35. The molecule has 0 bridgehead atoms. The summed E-state index contributed by atoms with van der Waals surface area (Å²) in [4.78, 5) is 19.3. The molecule has 1 saturated carbocycles. The van der Waals surface area contributed by atoms with Crippen LogP contribution in [0.3, 0.4) is 0 Å². The zero-order valence-corrected chi connectivity index (χ0v) is 10.2. The van der Waals surface area contributed by atoms with Crippen molar-refractivity contribution in [1.29, 1.82) is 0 Å². The van der Waals surface area contributed by atoms with E-state index in [0.29, 0.717) is 30.0 Å². The van der Waals surface area contributed by atoms with Crippen LogP contribution in [0.1, 0.15) is 25.7 Å². The molecule has 6 heteroatoms. The summed E-state index contributed by atoms with van der Waals surface area (Å²) >= 11 is 5.83. The number of rotatable bonds is 6. The number of aromatic nitrogens is 2. The maximum atomic E-state index is 11.4. The number of carbonyl (C=O) groups is 1. The number of nitrogens with one attached hydrogen (secondary N) is 2. The standard InChI is InChI=1S/C11H15ClN4O/c12-10-11(15-7-6-13-10)14-5-1-2-9(17)16-8-3-4-8/h6-8H,1-5H2,(H,14,15)(H,16,17). The van der Waals surface area contributed by atoms with Gasteiger partial charge in [0.2, 0.25) is 5.91 Å². The van der Waals surface area contributed by atoms with E-state index in [9.17, 15) is 4.79 Å². The fourth-order valence-electron chi connectivity index (χ4n) is 1.42. The minimum atomic E-state index is 0.125. The zero-order valence-electron chi connectivity index (χ0n) is 9.45. The van der Waals surface area contributed by atoms with Gasteiger partial charge in [0.25, 0.3) is 0 Å². The van der Waals surface area contributed by atoms with Crippen molar-refractivity contribution in [3.05, 3.63) is 17.5 Å². The number of hydrogen-bond acceptors (Lipinski definition) is 4. The molecule has 1 aliphatic rings. The SMILES string of the molecule is O=C(CCCNc1nccnc1Cl)NC1CC1. The molecular formula is C11H15ClN4O. The van der Waals surface area contributed by atoms with Crippen LogP contribution in [0.5, 0.6) is 0 Å². The summed E-state index contributed by atoms with van der Waals surface area (Å²) < 4.78 is 0. The number of halogens is 1. The van der Waals surface area contributed by atoms with Crippen LogP contribution in [-0.2, 0) is 4.79 Å². The lowest BCUT2D eigenvalue weighted by Crippen LogP contribution is -2.25. The second-order valence-corrected chi connectivity index (χ2v) is 4.43. The highest BCUT2D eigenvalue weighted by Crippen LogP contribution is 2.18. The van der Waals surface area contributed by atoms with Gasteiger partial charge in [-0.05, 0) is 19.3 Å². The molecule has 17 heavy (non-hydrogen) atoms. The van der Waals surface area contributed by atoms with Crippen molar-refractivity contribution in [2.75, 3.05) is 11.9 Å². The van der Waals surface area contributed by atoms with Crippen LogP contribution >= 0.6 is 11.6 Å². The first kappa shape index (κ1) is 12.1. The van der Waals surface area contributed by atoms with E-state index in [1.54, 1.807) is 6.20 Å². The Kier molecular flexibility index (Phi) is 4.14. The van der Waals surface area contributed by atoms with Gasteiger partial charge >= 0.3 is 0 Å². The lowest BCUT2D eigenvalue weighted by atomic mass is 10.3. The average molecular weight is 255 g/mol. The summed E-state index contributed by atoms with van der Waals surface area (Å²) in [6.45, 7) is 0.663. The molecule has 2 N–H and O–H groups in total. The first-order valence-corrected chi connectivity index (χ1v) is 6.13. The van der Waals surface area contributed by atoms with Gasteiger partial charge in [0, 0.05) is 31.4 Å². The minimum Gasteiger partial charge on any atom is -0.368 e. The third-order valence-corrected chi connectivity index (χ3v) is 2.75. The molecule has 0 aromatic carbocycles. The Bertz CT molecular complexity index is 395. The molecule has 1 heterocycles. The van der Waals surface area contributed by atoms with Gasteiger partial charge in [-0.2, -0.15) is 0 Å². The van der Waals surface area contributed by atoms with Crippen molar-refractivity contribution < 1.29 is 4.79 Å². The normalized spacial score (nSPS) is 14.4. The molecule has 1 amide bonds. The molecule has 0 unspecified atom stereocenters. The lowest BCUT2D eigenvalue weighted by Gasteiger charge is -2.06. The molecule has 5 nitrogen and oxygen atoms in total. The maximum absolute atomic E-state index is 11.4. The summed E-state index contributed by atoms with van der Waals surface area (Å²) in [7, 11) is 0. The Morgan fingerprint density at radius 1 is 1.41 bits per heavy atom. The minimum absolute atomic E-state index is 0.125. The maximum Gasteiger partial charge on any atom is 0.220 e. The van der Waals surface area contributed by atoms with Gasteiger partial charge in [-0.15, -0.1) is 0 Å². The Hall–Kier alpha value is -1.36. The first-order chi connectivity index (χ1) is 8.25. The number of amides is 1. The van der Waals surface area contributed by atoms with Crippen molar-refractivity contribution in [3.63, 3.8) is 0 Å². The van der Waals surface area contributed by atoms with Crippen molar-refractivity contribution >= 4 is 23.3 Å². The molecule has 0 aliphatic heterocycles. The first-order valence-electron chi connectivity index (χ1n) is 5.75. The molecule has 0 atom stereocenters. The molecule has 0 spiro atoms. The van der Waals surface area contributed by atoms with Crippen LogP contribution in [0.4, 0.5) is 5.82 Å². The lowest BCUT2D eigenvalue weighted by molar-refractivity contribution is -0.121. The average Bonchev–Trinajstić information content (AvgIpc) is 3.10. The van der Waals surface area contributed by atoms with E-state index < -0.39 is 0 Å². The third kappa shape index (κ3) is 4.19. The largest absolute Gasteiger partial charge is 0.368 e. The summed E-state index contributed by atoms with van der Waals surface area (Å²) in [5.74, 6) is 0.691. The van der Waals surface area contributed by atoms with Gasteiger partial charge in [-0.3, -0.25) is 4.79 Å². The third-order valence-electron chi connectivity index (χ3n) is 2.47. The molecule has 1 fully saturated rings. The van der Waals surface area contributed by atoms with Gasteiger partial charge in [0.1, 0.15) is 0 Å². The predicted molar refractivity (Wildman–Crippen MR) is 65.9 cm³/mol.